The number of hydrogen-bond acceptors (Lipinski definition) is 12. The summed E-state index contributed by atoms with van der Waals surface area (Å²) in [4.78, 5) is 23.3. The number of carbonyl (C=O) groups is 2. The van der Waals surface area contributed by atoms with Gasteiger partial charge in [-0.2, -0.15) is 0 Å². The molecule has 584 valence electrons. The maximum Gasteiger partial charge on any atom is 0.406 e. The standard InChI is InChI=1S/2C23H33NO3.2C23H35NO2/c2*1-14-5-7-19-20-11-15(13-24-21(26)27-4)17-12-16(25)6-8-18(17)23(20,3)10-9-22(14,19)2;2*1-15-5-7-20-21-11-16(13-24-14-26-4)18-12-17(25)6-8-19(18)23(21,3)10-9-22(15,20)2/h2*6,8,12,14-15,19-20,25H,5,7,9-11,13H2,1-4H3,(H,24,26);2*6,8,12,15-16,20-21,24-25H,5,7,9-11,13-14H2,1-4H3/t14?,15-,19?,20?,22?,23+;14?,15-,19?,20?,22?,23-;15?,16-,20?,21?,22?,23+;15?,16-,20?,21?,22?,23-/m0101/s1. The summed E-state index contributed by atoms with van der Waals surface area (Å²) < 4.78 is 20.0. The summed E-state index contributed by atoms with van der Waals surface area (Å²) in [6.45, 7) is 34.1. The molecule has 16 rings (SSSR count). The van der Waals surface area contributed by atoms with Crippen molar-refractivity contribution < 1.29 is 49.0 Å². The third kappa shape index (κ3) is 13.6. The Hall–Kier alpha value is -5.54. The molecule has 0 radical (unpaired) electrons. The molecule has 0 saturated heterocycles. The van der Waals surface area contributed by atoms with Crippen molar-refractivity contribution in [3.63, 3.8) is 0 Å². The lowest BCUT2D eigenvalue weighted by atomic mass is 9.47. The second-order valence-corrected chi connectivity index (χ2v) is 38.8. The van der Waals surface area contributed by atoms with E-state index in [0.29, 0.717) is 94.9 Å². The van der Waals surface area contributed by atoms with E-state index >= 15 is 0 Å². The molecule has 16 unspecified atom stereocenters. The first kappa shape index (κ1) is 78.6. The van der Waals surface area contributed by atoms with Crippen molar-refractivity contribution >= 4 is 12.2 Å². The van der Waals surface area contributed by atoms with Crippen LogP contribution < -0.4 is 21.3 Å². The van der Waals surface area contributed by atoms with E-state index in [0.717, 1.165) is 85.1 Å². The van der Waals surface area contributed by atoms with Gasteiger partial charge in [0, 0.05) is 52.2 Å². The number of alkyl carbamates (subject to hydrolysis) is 2. The van der Waals surface area contributed by atoms with Crippen LogP contribution in [0.3, 0.4) is 0 Å². The van der Waals surface area contributed by atoms with Gasteiger partial charge < -0.3 is 50.0 Å². The summed E-state index contributed by atoms with van der Waals surface area (Å²) in [6, 6.07) is 24.1. The number of phenolic OH excluding ortho intramolecular Hbond substituents is 4. The molecule has 12 aliphatic rings. The number of ether oxygens (including phenoxy) is 4. The van der Waals surface area contributed by atoms with Crippen molar-refractivity contribution in [1.82, 2.24) is 21.3 Å². The molecule has 4 aromatic rings. The van der Waals surface area contributed by atoms with Crippen LogP contribution >= 0.6 is 0 Å². The molecule has 2 amide bonds. The highest BCUT2D eigenvalue weighted by molar-refractivity contribution is 5.67. The van der Waals surface area contributed by atoms with Crippen LogP contribution in [0, 0.1) is 92.7 Å². The summed E-state index contributed by atoms with van der Waals surface area (Å²) in [5, 5.41) is 53.2. The minimum absolute atomic E-state index is 0.166. The molecule has 24 atom stereocenters. The van der Waals surface area contributed by atoms with Crippen molar-refractivity contribution in [1.29, 1.82) is 0 Å². The van der Waals surface area contributed by atoms with E-state index in [-0.39, 0.29) is 45.7 Å². The fourth-order valence-corrected chi connectivity index (χ4v) is 27.2. The molecular weight excluding hydrogens is 1320 g/mol. The van der Waals surface area contributed by atoms with Gasteiger partial charge in [-0.05, 0) is 348 Å². The molecule has 8 fully saturated rings. The number of hydrogen-bond donors (Lipinski definition) is 8. The molecule has 12 aliphatic carbocycles. The zero-order valence-electron chi connectivity index (χ0n) is 67.8. The number of carbonyl (C=O) groups excluding carboxylic acids is 2. The van der Waals surface area contributed by atoms with E-state index in [4.69, 9.17) is 18.9 Å². The molecule has 4 aromatic carbocycles. The van der Waals surface area contributed by atoms with Gasteiger partial charge >= 0.3 is 12.2 Å². The molecule has 0 bridgehead atoms. The molecule has 14 nitrogen and oxygen atoms in total. The first-order valence-electron chi connectivity index (χ1n) is 41.7. The summed E-state index contributed by atoms with van der Waals surface area (Å²) in [5.41, 5.74) is 13.7. The summed E-state index contributed by atoms with van der Waals surface area (Å²) in [6.07, 6.45) is 25.0. The van der Waals surface area contributed by atoms with Crippen LogP contribution in [0.2, 0.25) is 0 Å². The third-order valence-electron chi connectivity index (χ3n) is 34.6. The Balaban J connectivity index is 0.000000125. The quantitative estimate of drug-likeness (QED) is 0.0494. The Bertz CT molecular complexity index is 3570. The molecule has 0 aliphatic heterocycles. The largest absolute Gasteiger partial charge is 0.508 e. The predicted molar refractivity (Wildman–Crippen MR) is 423 cm³/mol. The summed E-state index contributed by atoms with van der Waals surface area (Å²) in [7, 11) is 6.27. The van der Waals surface area contributed by atoms with E-state index in [2.05, 4.69) is 129 Å². The van der Waals surface area contributed by atoms with E-state index in [1.165, 1.54) is 174 Å². The second-order valence-electron chi connectivity index (χ2n) is 38.8. The zero-order valence-corrected chi connectivity index (χ0v) is 67.8. The number of aromatic hydroxyl groups is 4. The van der Waals surface area contributed by atoms with Gasteiger partial charge in [0.05, 0.1) is 27.7 Å². The van der Waals surface area contributed by atoms with Crippen molar-refractivity contribution in [2.45, 2.75) is 257 Å². The van der Waals surface area contributed by atoms with Crippen molar-refractivity contribution in [3.05, 3.63) is 117 Å². The second kappa shape index (κ2) is 30.3. The highest BCUT2D eigenvalue weighted by Crippen LogP contribution is 2.71. The minimum atomic E-state index is -0.381. The highest BCUT2D eigenvalue weighted by atomic mass is 16.5. The predicted octanol–water partition coefficient (Wildman–Crippen LogP) is 19.5. The Morgan fingerprint density at radius 2 is 0.585 bits per heavy atom. The van der Waals surface area contributed by atoms with Crippen LogP contribution in [0.25, 0.3) is 0 Å². The fourth-order valence-electron chi connectivity index (χ4n) is 27.2. The number of rotatable bonds is 12. The highest BCUT2D eigenvalue weighted by Gasteiger charge is 2.63. The van der Waals surface area contributed by atoms with Gasteiger partial charge in [-0.25, -0.2) is 9.59 Å². The monoisotopic (exact) mass is 1460 g/mol. The van der Waals surface area contributed by atoms with Crippen LogP contribution in [-0.4, -0.2) is 101 Å². The smallest absolute Gasteiger partial charge is 0.406 e. The normalized spacial score (nSPS) is 40.6. The number of nitrogens with one attached hydrogen (secondary N) is 4. The Morgan fingerprint density at radius 3 is 0.811 bits per heavy atom. The lowest BCUT2D eigenvalue weighted by Gasteiger charge is -2.57. The Kier molecular flexibility index (Phi) is 22.4. The fraction of sp³-hybridized carbons (Fsp3) is 0.717. The lowest BCUT2D eigenvalue weighted by molar-refractivity contribution is -0.0109. The molecule has 8 saturated carbocycles. The van der Waals surface area contributed by atoms with Gasteiger partial charge in [-0.1, -0.05) is 107 Å². The van der Waals surface area contributed by atoms with E-state index in [1.807, 2.05) is 48.5 Å². The first-order chi connectivity index (χ1) is 50.4. The van der Waals surface area contributed by atoms with Gasteiger partial charge in [0.2, 0.25) is 0 Å². The topological polar surface area (TPSA) is 200 Å². The Labute approximate surface area is 637 Å². The summed E-state index contributed by atoms with van der Waals surface area (Å²) in [5.74, 6) is 12.0. The van der Waals surface area contributed by atoms with E-state index < -0.39 is 0 Å². The van der Waals surface area contributed by atoms with Gasteiger partial charge in [-0.15, -0.1) is 0 Å². The van der Waals surface area contributed by atoms with Crippen LogP contribution in [0.5, 0.6) is 23.0 Å². The number of fused-ring (bicyclic) bond motifs is 20. The van der Waals surface area contributed by atoms with Gasteiger partial charge in [0.15, 0.2) is 0 Å². The number of methoxy groups -OCH3 is 4. The van der Waals surface area contributed by atoms with Crippen LogP contribution in [0.4, 0.5) is 9.59 Å². The molecule has 8 N–H and O–H groups in total. The SMILES string of the molecule is COC(=O)NC[C@@H]1CC2C3CCC(C)C3(C)CC[C@]2(C)c2ccc(O)cc21.COC(=O)NC[C@H]1CC2C3CCC(C)C3(C)CC[C@]2(C)c2ccc(O)cc21.COCNC[C@@H]1CC2C3CCC(C)C3(C)CC[C@]2(C)c2ccc(O)cc21.COCNC[C@H]1CC2C3CCC(C)C3(C)CC[C@]2(C)c2ccc(O)cc21. The van der Waals surface area contributed by atoms with Crippen LogP contribution in [-0.2, 0) is 40.6 Å². The number of amides is 2. The molecule has 0 aromatic heterocycles. The minimum Gasteiger partial charge on any atom is -0.508 e. The molecule has 14 heteroatoms. The lowest BCUT2D eigenvalue weighted by Crippen LogP contribution is -2.51. The maximum atomic E-state index is 11.7. The third-order valence-corrected chi connectivity index (χ3v) is 34.6. The van der Waals surface area contributed by atoms with E-state index in [1.54, 1.807) is 14.2 Å². The van der Waals surface area contributed by atoms with Gasteiger partial charge in [0.25, 0.3) is 0 Å². The first-order valence-corrected chi connectivity index (χ1v) is 41.7. The van der Waals surface area contributed by atoms with Gasteiger partial charge in [0.1, 0.15) is 23.0 Å². The average molecular weight is 1460 g/mol. The zero-order chi connectivity index (χ0) is 75.8. The number of benzene rings is 4. The van der Waals surface area contributed by atoms with Crippen LogP contribution in [0.1, 0.15) is 280 Å². The average Bonchev–Trinajstić information content (AvgIpc) is 1.38. The molecule has 0 spiro atoms. The van der Waals surface area contributed by atoms with Crippen molar-refractivity contribution in [3.8, 4) is 23.0 Å². The van der Waals surface area contributed by atoms with Crippen molar-refractivity contribution in [2.75, 3.05) is 68.1 Å². The van der Waals surface area contributed by atoms with Crippen molar-refractivity contribution in [2.24, 2.45) is 92.7 Å². The molecular formula is C92H136N4O10. The molecule has 106 heavy (non-hydrogen) atoms. The van der Waals surface area contributed by atoms with E-state index in [9.17, 15) is 30.0 Å². The van der Waals surface area contributed by atoms with Gasteiger partial charge in [-0.3, -0.25) is 10.6 Å². The maximum absolute atomic E-state index is 11.7. The molecule has 0 heterocycles. The Morgan fingerprint density at radius 1 is 0.349 bits per heavy atom. The van der Waals surface area contributed by atoms with Crippen LogP contribution in [0.15, 0.2) is 72.8 Å². The number of phenols is 4. The summed E-state index contributed by atoms with van der Waals surface area (Å²) >= 11 is 0.